The minimum absolute atomic E-state index is 0.0108. The van der Waals surface area contributed by atoms with E-state index in [1.54, 1.807) is 30.1 Å². The molecule has 0 N–H and O–H groups in total. The van der Waals surface area contributed by atoms with Crippen LogP contribution < -0.4 is 0 Å². The SMILES string of the molecule is CCCc1c(C(=O)N2CCCC2C(=O)N(C)C)cnn1-c1ccccc1. The zero-order valence-electron chi connectivity index (χ0n) is 15.7. The number of rotatable bonds is 5. The summed E-state index contributed by atoms with van der Waals surface area (Å²) in [7, 11) is 3.47. The van der Waals surface area contributed by atoms with E-state index in [1.807, 2.05) is 35.0 Å². The van der Waals surface area contributed by atoms with Gasteiger partial charge in [-0.2, -0.15) is 5.10 Å². The van der Waals surface area contributed by atoms with E-state index in [1.165, 1.54) is 0 Å². The molecule has 1 aromatic carbocycles. The predicted molar refractivity (Wildman–Crippen MR) is 100 cm³/mol. The van der Waals surface area contributed by atoms with Crippen LogP contribution in [0.4, 0.5) is 0 Å². The van der Waals surface area contributed by atoms with Crippen molar-refractivity contribution in [3.05, 3.63) is 47.8 Å². The summed E-state index contributed by atoms with van der Waals surface area (Å²) in [6, 6.07) is 9.47. The van der Waals surface area contributed by atoms with E-state index in [-0.39, 0.29) is 17.9 Å². The first-order valence-electron chi connectivity index (χ1n) is 9.19. The molecule has 2 amide bonds. The van der Waals surface area contributed by atoms with Crippen LogP contribution in [0.25, 0.3) is 5.69 Å². The second-order valence-electron chi connectivity index (χ2n) is 6.89. The zero-order chi connectivity index (χ0) is 18.7. The highest BCUT2D eigenvalue weighted by atomic mass is 16.2. The molecule has 1 aliphatic rings. The number of hydrogen-bond acceptors (Lipinski definition) is 3. The second kappa shape index (κ2) is 7.72. The molecule has 26 heavy (non-hydrogen) atoms. The van der Waals surface area contributed by atoms with Crippen LogP contribution in [0.15, 0.2) is 36.5 Å². The maximum absolute atomic E-state index is 13.2. The summed E-state index contributed by atoms with van der Waals surface area (Å²) in [5, 5.41) is 4.48. The van der Waals surface area contributed by atoms with Gasteiger partial charge in [-0.05, 0) is 31.4 Å². The van der Waals surface area contributed by atoms with Crippen LogP contribution >= 0.6 is 0 Å². The molecule has 1 saturated heterocycles. The summed E-state index contributed by atoms with van der Waals surface area (Å²) in [5.41, 5.74) is 2.46. The normalized spacial score (nSPS) is 16.7. The largest absolute Gasteiger partial charge is 0.347 e. The van der Waals surface area contributed by atoms with Crippen molar-refractivity contribution < 1.29 is 9.59 Å². The van der Waals surface area contributed by atoms with Gasteiger partial charge in [-0.25, -0.2) is 4.68 Å². The number of carbonyl (C=O) groups excluding carboxylic acids is 2. The van der Waals surface area contributed by atoms with Crippen molar-refractivity contribution >= 4 is 11.8 Å². The first-order chi connectivity index (χ1) is 12.5. The molecular formula is C20H26N4O2. The zero-order valence-corrected chi connectivity index (χ0v) is 15.7. The van der Waals surface area contributed by atoms with E-state index in [4.69, 9.17) is 0 Å². The summed E-state index contributed by atoms with van der Waals surface area (Å²) in [6.45, 7) is 2.70. The molecule has 1 atom stereocenters. The lowest BCUT2D eigenvalue weighted by atomic mass is 10.1. The van der Waals surface area contributed by atoms with Crippen molar-refractivity contribution in [1.82, 2.24) is 19.6 Å². The van der Waals surface area contributed by atoms with Gasteiger partial charge >= 0.3 is 0 Å². The van der Waals surface area contributed by atoms with Gasteiger partial charge in [-0.15, -0.1) is 0 Å². The third-order valence-corrected chi connectivity index (χ3v) is 4.83. The van der Waals surface area contributed by atoms with Crippen molar-refractivity contribution in [2.45, 2.75) is 38.6 Å². The van der Waals surface area contributed by atoms with Crippen LogP contribution in [0.2, 0.25) is 0 Å². The molecule has 2 heterocycles. The number of likely N-dealkylation sites (tertiary alicyclic amines) is 1. The molecule has 6 nitrogen and oxygen atoms in total. The van der Waals surface area contributed by atoms with E-state index >= 15 is 0 Å². The van der Waals surface area contributed by atoms with E-state index in [9.17, 15) is 9.59 Å². The van der Waals surface area contributed by atoms with Gasteiger partial charge in [-0.3, -0.25) is 9.59 Å². The average Bonchev–Trinajstić information content (AvgIpc) is 3.29. The fourth-order valence-corrected chi connectivity index (χ4v) is 3.54. The summed E-state index contributed by atoms with van der Waals surface area (Å²) >= 11 is 0. The molecule has 0 aliphatic carbocycles. The molecule has 0 radical (unpaired) electrons. The van der Waals surface area contributed by atoms with Crippen molar-refractivity contribution in [2.75, 3.05) is 20.6 Å². The monoisotopic (exact) mass is 354 g/mol. The average molecular weight is 354 g/mol. The molecule has 1 fully saturated rings. The molecule has 6 heteroatoms. The van der Waals surface area contributed by atoms with Crippen molar-refractivity contribution in [3.8, 4) is 5.69 Å². The standard InChI is InChI=1S/C20H26N4O2/c1-4-9-17-16(14-21-24(17)15-10-6-5-7-11-15)19(25)23-13-8-12-18(23)20(26)22(2)3/h5-7,10-11,14,18H,4,8-9,12-13H2,1-3H3. The summed E-state index contributed by atoms with van der Waals surface area (Å²) in [6.07, 6.45) is 4.90. The predicted octanol–water partition coefficient (Wildman–Crippen LogP) is 2.52. The van der Waals surface area contributed by atoms with Gasteiger partial charge in [-0.1, -0.05) is 31.5 Å². The van der Waals surface area contributed by atoms with Crippen LogP contribution in [0.3, 0.4) is 0 Å². The molecule has 3 rings (SSSR count). The van der Waals surface area contributed by atoms with Crippen LogP contribution in [-0.2, 0) is 11.2 Å². The van der Waals surface area contributed by atoms with Crippen molar-refractivity contribution in [2.24, 2.45) is 0 Å². The number of amides is 2. The molecule has 0 bridgehead atoms. The van der Waals surface area contributed by atoms with Crippen LogP contribution in [0, 0.1) is 0 Å². The Kier molecular flexibility index (Phi) is 5.40. The van der Waals surface area contributed by atoms with E-state index in [0.29, 0.717) is 12.1 Å². The fourth-order valence-electron chi connectivity index (χ4n) is 3.54. The van der Waals surface area contributed by atoms with Crippen molar-refractivity contribution in [3.63, 3.8) is 0 Å². The Morgan fingerprint density at radius 2 is 1.96 bits per heavy atom. The van der Waals surface area contributed by atoms with Gasteiger partial charge < -0.3 is 9.80 Å². The molecule has 0 saturated carbocycles. The van der Waals surface area contributed by atoms with Crippen LogP contribution in [0.5, 0.6) is 0 Å². The minimum atomic E-state index is -0.368. The Morgan fingerprint density at radius 3 is 2.62 bits per heavy atom. The molecule has 2 aromatic rings. The quantitative estimate of drug-likeness (QED) is 0.829. The number of nitrogens with zero attached hydrogens (tertiary/aromatic N) is 4. The summed E-state index contributed by atoms with van der Waals surface area (Å²) < 4.78 is 1.84. The molecular weight excluding hydrogens is 328 g/mol. The molecule has 1 aliphatic heterocycles. The second-order valence-corrected chi connectivity index (χ2v) is 6.89. The van der Waals surface area contributed by atoms with Gasteiger partial charge in [0.1, 0.15) is 6.04 Å². The lowest BCUT2D eigenvalue weighted by molar-refractivity contribution is -0.132. The van der Waals surface area contributed by atoms with Gasteiger partial charge in [0, 0.05) is 20.6 Å². The highest BCUT2D eigenvalue weighted by Crippen LogP contribution is 2.24. The van der Waals surface area contributed by atoms with Crippen LogP contribution in [0.1, 0.15) is 42.2 Å². The van der Waals surface area contributed by atoms with Gasteiger partial charge in [0.05, 0.1) is 23.1 Å². The van der Waals surface area contributed by atoms with Gasteiger partial charge in [0.15, 0.2) is 0 Å². The Labute approximate surface area is 154 Å². The maximum atomic E-state index is 13.2. The van der Waals surface area contributed by atoms with Crippen molar-refractivity contribution in [1.29, 1.82) is 0 Å². The number of aromatic nitrogens is 2. The van der Waals surface area contributed by atoms with Gasteiger partial charge in [0.25, 0.3) is 5.91 Å². The van der Waals surface area contributed by atoms with Crippen LogP contribution in [-0.4, -0.2) is 58.1 Å². The highest BCUT2D eigenvalue weighted by molar-refractivity contribution is 5.98. The number of benzene rings is 1. The van der Waals surface area contributed by atoms with E-state index in [2.05, 4.69) is 12.0 Å². The maximum Gasteiger partial charge on any atom is 0.258 e. The number of likely N-dealkylation sites (N-methyl/N-ethyl adjacent to an activating group) is 1. The van der Waals surface area contributed by atoms with E-state index < -0.39 is 0 Å². The Hall–Kier alpha value is -2.63. The first kappa shape index (κ1) is 18.2. The summed E-state index contributed by atoms with van der Waals surface area (Å²) in [4.78, 5) is 28.9. The highest BCUT2D eigenvalue weighted by Gasteiger charge is 2.36. The van der Waals surface area contributed by atoms with Gasteiger partial charge in [0.2, 0.25) is 5.91 Å². The smallest absolute Gasteiger partial charge is 0.258 e. The molecule has 1 unspecified atom stereocenters. The third-order valence-electron chi connectivity index (χ3n) is 4.83. The topological polar surface area (TPSA) is 58.4 Å². The summed E-state index contributed by atoms with van der Waals surface area (Å²) in [5.74, 6) is -0.100. The Bertz CT molecular complexity index is 782. The number of hydrogen-bond donors (Lipinski definition) is 0. The molecule has 138 valence electrons. The third kappa shape index (κ3) is 3.36. The number of carbonyl (C=O) groups is 2. The lowest BCUT2D eigenvalue weighted by Crippen LogP contribution is -2.45. The molecule has 1 aromatic heterocycles. The Balaban J connectivity index is 1.94. The number of para-hydroxylation sites is 1. The Morgan fingerprint density at radius 1 is 1.23 bits per heavy atom. The molecule has 0 spiro atoms. The minimum Gasteiger partial charge on any atom is -0.347 e. The first-order valence-corrected chi connectivity index (χ1v) is 9.19. The lowest BCUT2D eigenvalue weighted by Gasteiger charge is -2.26. The van der Waals surface area contributed by atoms with E-state index in [0.717, 1.165) is 37.1 Å². The fraction of sp³-hybridized carbons (Fsp3) is 0.450.